The van der Waals surface area contributed by atoms with E-state index >= 15 is 0 Å². The lowest BCUT2D eigenvalue weighted by molar-refractivity contribution is -0.354. The number of esters is 3. The number of rotatable bonds is 15. The van der Waals surface area contributed by atoms with Gasteiger partial charge in [0, 0.05) is 17.6 Å². The number of benzene rings is 5. The molecule has 0 amide bonds. The zero-order valence-electron chi connectivity index (χ0n) is 34.6. The molecule has 16 nitrogen and oxygen atoms in total. The first-order chi connectivity index (χ1) is 31.4. The predicted octanol–water partition coefficient (Wildman–Crippen LogP) is 7.15. The fourth-order valence-electron chi connectivity index (χ4n) is 7.71. The molecule has 0 radical (unpaired) electrons. The lowest BCUT2D eigenvalue weighted by Crippen LogP contribution is -2.64. The SMILES string of the molecule is CO[C@H]1O[C@H](CO[C@@H]2O[C@@H]3COC(c4ccccc4)O[C@H]3[C@H](OCc3ccccc3)[C@@H]2N=[N+]=[N-])[C@@H](OC(=O)c2ccccc2)[C@H](OC(=O)c2ccccc2)[C@H]1OC(=O)c1ccccc1. The van der Waals surface area contributed by atoms with Gasteiger partial charge in [0.05, 0.1) is 36.5 Å². The van der Waals surface area contributed by atoms with Crippen molar-refractivity contribution in [2.24, 2.45) is 5.11 Å². The summed E-state index contributed by atoms with van der Waals surface area (Å²) in [5.41, 5.74) is 12.1. The maximum Gasteiger partial charge on any atom is 0.338 e. The summed E-state index contributed by atoms with van der Waals surface area (Å²) >= 11 is 0. The van der Waals surface area contributed by atoms with Gasteiger partial charge in [-0.2, -0.15) is 0 Å². The molecule has 0 bridgehead atoms. The van der Waals surface area contributed by atoms with Crippen LogP contribution < -0.4 is 0 Å². The van der Waals surface area contributed by atoms with Crippen molar-refractivity contribution < 1.29 is 61.8 Å². The minimum absolute atomic E-state index is 0.0627. The van der Waals surface area contributed by atoms with E-state index in [1.165, 1.54) is 7.11 Å². The van der Waals surface area contributed by atoms with E-state index in [0.29, 0.717) is 0 Å². The summed E-state index contributed by atoms with van der Waals surface area (Å²) in [6.45, 7) is -0.229. The summed E-state index contributed by atoms with van der Waals surface area (Å²) in [6.07, 6.45) is -11.7. The smallest absolute Gasteiger partial charge is 0.338 e. The van der Waals surface area contributed by atoms with Crippen LogP contribution in [0.5, 0.6) is 0 Å². The molecule has 5 aromatic carbocycles. The van der Waals surface area contributed by atoms with Crippen LogP contribution in [0.1, 0.15) is 48.5 Å². The van der Waals surface area contributed by atoms with Crippen LogP contribution in [-0.2, 0) is 54.0 Å². The highest BCUT2D eigenvalue weighted by Crippen LogP contribution is 2.38. The number of hydrogen-bond acceptors (Lipinski definition) is 14. The number of ether oxygens (including phenoxy) is 10. The van der Waals surface area contributed by atoms with Crippen LogP contribution in [-0.4, -0.2) is 99.6 Å². The number of nitrogens with zero attached hydrogens (tertiary/aromatic N) is 3. The highest BCUT2D eigenvalue weighted by atomic mass is 16.8. The van der Waals surface area contributed by atoms with Gasteiger partial charge in [-0.1, -0.05) is 120 Å². The van der Waals surface area contributed by atoms with Gasteiger partial charge in [0.2, 0.25) is 0 Å². The quantitative estimate of drug-likeness (QED) is 0.0339. The fourth-order valence-corrected chi connectivity index (χ4v) is 7.71. The Morgan fingerprint density at radius 1 is 0.609 bits per heavy atom. The van der Waals surface area contributed by atoms with Crippen molar-refractivity contribution in [2.45, 2.75) is 74.2 Å². The monoisotopic (exact) mass is 871 g/mol. The van der Waals surface area contributed by atoms with Gasteiger partial charge in [0.15, 0.2) is 37.2 Å². The second-order valence-corrected chi connectivity index (χ2v) is 15.0. The Labute approximate surface area is 368 Å². The number of carbonyl (C=O) groups excluding carboxylic acids is 3. The Morgan fingerprint density at radius 3 is 1.67 bits per heavy atom. The van der Waals surface area contributed by atoms with E-state index in [0.717, 1.165) is 11.1 Å². The first-order valence-corrected chi connectivity index (χ1v) is 20.7. The van der Waals surface area contributed by atoms with E-state index in [4.69, 9.17) is 47.4 Å². The first kappa shape index (κ1) is 44.2. The molecule has 330 valence electrons. The zero-order chi connectivity index (χ0) is 44.3. The van der Waals surface area contributed by atoms with E-state index in [9.17, 15) is 19.9 Å². The summed E-state index contributed by atoms with van der Waals surface area (Å²) in [5, 5.41) is 4.12. The highest BCUT2D eigenvalue weighted by molar-refractivity contribution is 5.91. The summed E-state index contributed by atoms with van der Waals surface area (Å²) in [4.78, 5) is 44.5. The summed E-state index contributed by atoms with van der Waals surface area (Å²) in [5.74, 6) is -2.39. The van der Waals surface area contributed by atoms with Crippen LogP contribution in [0.15, 0.2) is 157 Å². The molecule has 0 N–H and O–H groups in total. The molecular weight excluding hydrogens is 827 g/mol. The predicted molar refractivity (Wildman–Crippen MR) is 225 cm³/mol. The second-order valence-electron chi connectivity index (χ2n) is 15.0. The number of fused-ring (bicyclic) bond motifs is 1. The van der Waals surface area contributed by atoms with Crippen LogP contribution >= 0.6 is 0 Å². The van der Waals surface area contributed by atoms with Crippen molar-refractivity contribution in [3.8, 4) is 0 Å². The molecular formula is C48H45N3O13. The lowest BCUT2D eigenvalue weighted by atomic mass is 9.95. The van der Waals surface area contributed by atoms with Crippen molar-refractivity contribution in [1.29, 1.82) is 0 Å². The van der Waals surface area contributed by atoms with Gasteiger partial charge in [-0.15, -0.1) is 0 Å². The van der Waals surface area contributed by atoms with Crippen LogP contribution in [0.2, 0.25) is 0 Å². The van der Waals surface area contributed by atoms with Crippen LogP contribution in [0.25, 0.3) is 10.4 Å². The van der Waals surface area contributed by atoms with Gasteiger partial charge in [0.1, 0.15) is 30.5 Å². The third kappa shape index (κ3) is 10.5. The van der Waals surface area contributed by atoms with Gasteiger partial charge in [0.25, 0.3) is 0 Å². The zero-order valence-corrected chi connectivity index (χ0v) is 34.6. The van der Waals surface area contributed by atoms with Crippen LogP contribution in [0.4, 0.5) is 0 Å². The third-order valence-corrected chi connectivity index (χ3v) is 10.9. The highest BCUT2D eigenvalue weighted by Gasteiger charge is 2.55. The lowest BCUT2D eigenvalue weighted by Gasteiger charge is -2.48. The van der Waals surface area contributed by atoms with Crippen LogP contribution in [0, 0.1) is 0 Å². The average molecular weight is 872 g/mol. The Balaban J connectivity index is 1.11. The van der Waals surface area contributed by atoms with Gasteiger partial charge >= 0.3 is 17.9 Å². The number of azide groups is 1. The molecule has 1 unspecified atom stereocenters. The van der Waals surface area contributed by atoms with E-state index in [1.807, 2.05) is 60.7 Å². The molecule has 3 saturated heterocycles. The summed E-state index contributed by atoms with van der Waals surface area (Å²) in [6, 6.07) is 42.2. The molecule has 3 aliphatic rings. The second kappa shape index (κ2) is 21.3. The van der Waals surface area contributed by atoms with E-state index < -0.39 is 92.2 Å². The number of carbonyl (C=O) groups is 3. The summed E-state index contributed by atoms with van der Waals surface area (Å²) in [7, 11) is 1.32. The van der Waals surface area contributed by atoms with Crippen molar-refractivity contribution in [3.05, 3.63) is 190 Å². The molecule has 16 heteroatoms. The molecule has 0 saturated carbocycles. The van der Waals surface area contributed by atoms with Crippen molar-refractivity contribution >= 4 is 17.9 Å². The van der Waals surface area contributed by atoms with E-state index in [1.54, 1.807) is 91.0 Å². The Bertz CT molecular complexity index is 2340. The molecule has 11 atom stereocenters. The average Bonchev–Trinajstić information content (AvgIpc) is 3.35. The maximum atomic E-state index is 13.9. The van der Waals surface area contributed by atoms with Gasteiger partial charge < -0.3 is 47.4 Å². The molecule has 5 aromatic rings. The van der Waals surface area contributed by atoms with Crippen molar-refractivity contribution in [1.82, 2.24) is 0 Å². The van der Waals surface area contributed by atoms with Gasteiger partial charge in [-0.05, 0) is 47.5 Å². The minimum Gasteiger partial charge on any atom is -0.452 e. The van der Waals surface area contributed by atoms with E-state index in [-0.39, 0.29) is 29.9 Å². The number of methoxy groups -OCH3 is 1. The van der Waals surface area contributed by atoms with Gasteiger partial charge in [-0.25, -0.2) is 14.4 Å². The van der Waals surface area contributed by atoms with Gasteiger partial charge in [-0.3, -0.25) is 0 Å². The largest absolute Gasteiger partial charge is 0.452 e. The molecule has 0 aromatic heterocycles. The first-order valence-electron chi connectivity index (χ1n) is 20.7. The molecule has 3 heterocycles. The third-order valence-electron chi connectivity index (χ3n) is 10.9. The maximum absolute atomic E-state index is 13.9. The molecule has 0 aliphatic carbocycles. The Kier molecular flexibility index (Phi) is 14.7. The normalized spacial score (nSPS) is 27.5. The van der Waals surface area contributed by atoms with Crippen LogP contribution in [0.3, 0.4) is 0 Å². The molecule has 8 rings (SSSR count). The van der Waals surface area contributed by atoms with E-state index in [2.05, 4.69) is 10.0 Å². The minimum atomic E-state index is -1.53. The summed E-state index contributed by atoms with van der Waals surface area (Å²) < 4.78 is 62.5. The standard InChI is InChI=1S/C48H45N3O13/c1-55-48-42(63-45(54)33-23-13-5-14-24-33)41(62-44(53)32-21-11-4-12-22-32)39(61-43(52)31-19-9-3-10-20-31)36(60-48)29-58-47-37(50-51-49)40(56-27-30-17-7-2-8-18-30)38-35(59-47)28-57-46(64-38)34-25-15-6-16-26-34/h2-26,35-42,46-48H,27-29H2,1H3/t35-,36-,37+,38-,39-,40-,41+,42-,46?,47-,48+/m1/s1. The molecule has 3 aliphatic heterocycles. The molecule has 64 heavy (non-hydrogen) atoms. The number of hydrogen-bond donors (Lipinski definition) is 0. The topological polar surface area (TPSA) is 192 Å². The fraction of sp³-hybridized carbons (Fsp3) is 0.312. The Hall–Kier alpha value is -6.46. The molecule has 3 fully saturated rings. The molecule has 0 spiro atoms. The van der Waals surface area contributed by atoms with Crippen molar-refractivity contribution in [3.63, 3.8) is 0 Å². The Morgan fingerprint density at radius 2 is 1.12 bits per heavy atom. The van der Waals surface area contributed by atoms with Crippen molar-refractivity contribution in [2.75, 3.05) is 20.3 Å².